The summed E-state index contributed by atoms with van der Waals surface area (Å²) < 4.78 is 6.81. The van der Waals surface area contributed by atoms with E-state index in [1.165, 1.54) is 6.92 Å². The molecule has 0 aliphatic rings. The van der Waals surface area contributed by atoms with Crippen LogP contribution in [-0.2, 0) is 22.5 Å². The van der Waals surface area contributed by atoms with Crippen molar-refractivity contribution in [3.05, 3.63) is 75.2 Å². The van der Waals surface area contributed by atoms with E-state index in [0.717, 1.165) is 18.4 Å². The van der Waals surface area contributed by atoms with Crippen molar-refractivity contribution in [2.75, 3.05) is 13.2 Å². The van der Waals surface area contributed by atoms with E-state index in [4.69, 9.17) is 4.74 Å². The van der Waals surface area contributed by atoms with Crippen molar-refractivity contribution in [1.82, 2.24) is 14.9 Å². The molecule has 1 amide bonds. The number of nitrogens with zero attached hydrogens (tertiary/aromatic N) is 2. The van der Waals surface area contributed by atoms with Crippen LogP contribution in [0.5, 0.6) is 0 Å². The molecule has 0 atom stereocenters. The molecule has 172 valence electrons. The van der Waals surface area contributed by atoms with E-state index in [0.29, 0.717) is 35.4 Å². The Morgan fingerprint density at radius 3 is 2.42 bits per heavy atom. The van der Waals surface area contributed by atoms with Crippen molar-refractivity contribution in [3.63, 3.8) is 0 Å². The lowest BCUT2D eigenvalue weighted by Crippen LogP contribution is -2.23. The molecule has 0 aliphatic heterocycles. The SMILES string of the molecule is CCn1c(=O)c(C)nc2cc(C(=O)OCC(=O)c3ccc(CCCNC(C)=O)cc3)ccc21. The zero-order valence-electron chi connectivity index (χ0n) is 19.0. The summed E-state index contributed by atoms with van der Waals surface area (Å²) in [6.07, 6.45) is 1.59. The number of hydrogen-bond donors (Lipinski definition) is 1. The van der Waals surface area contributed by atoms with Gasteiger partial charge in [-0.25, -0.2) is 9.78 Å². The van der Waals surface area contributed by atoms with E-state index in [1.807, 2.05) is 19.1 Å². The predicted octanol–water partition coefficient (Wildman–Crippen LogP) is 2.83. The highest BCUT2D eigenvalue weighted by molar-refractivity contribution is 6.00. The molecule has 0 bridgehead atoms. The second kappa shape index (κ2) is 10.7. The lowest BCUT2D eigenvalue weighted by molar-refractivity contribution is -0.118. The van der Waals surface area contributed by atoms with Gasteiger partial charge in [0, 0.05) is 25.6 Å². The molecule has 0 unspecified atom stereocenters. The van der Waals surface area contributed by atoms with Gasteiger partial charge < -0.3 is 14.6 Å². The van der Waals surface area contributed by atoms with Gasteiger partial charge in [0.25, 0.3) is 5.56 Å². The van der Waals surface area contributed by atoms with Crippen LogP contribution < -0.4 is 10.9 Å². The van der Waals surface area contributed by atoms with Gasteiger partial charge >= 0.3 is 5.97 Å². The third-order valence-corrected chi connectivity index (χ3v) is 5.29. The largest absolute Gasteiger partial charge is 0.454 e. The summed E-state index contributed by atoms with van der Waals surface area (Å²) in [5.74, 6) is -0.988. The number of amides is 1. The second-order valence-corrected chi connectivity index (χ2v) is 7.73. The van der Waals surface area contributed by atoms with E-state index >= 15 is 0 Å². The number of ketones is 1. The van der Waals surface area contributed by atoms with Crippen molar-refractivity contribution < 1.29 is 19.1 Å². The molecule has 1 heterocycles. The van der Waals surface area contributed by atoms with Crippen molar-refractivity contribution in [2.45, 2.75) is 40.2 Å². The standard InChI is InChI=1S/C25H27N3O5/c1-4-28-22-12-11-20(14-21(22)27-16(2)24(28)31)25(32)33-15-23(30)19-9-7-18(8-10-19)6-5-13-26-17(3)29/h7-12,14H,4-6,13,15H2,1-3H3,(H,26,29). The van der Waals surface area contributed by atoms with Gasteiger partial charge in [-0.2, -0.15) is 0 Å². The fourth-order valence-electron chi connectivity index (χ4n) is 3.53. The van der Waals surface area contributed by atoms with E-state index in [-0.39, 0.29) is 29.4 Å². The van der Waals surface area contributed by atoms with Crippen molar-refractivity contribution >= 4 is 28.7 Å². The van der Waals surface area contributed by atoms with Gasteiger partial charge in [0.2, 0.25) is 5.91 Å². The number of aromatic nitrogens is 2. The summed E-state index contributed by atoms with van der Waals surface area (Å²) in [6, 6.07) is 11.9. The average Bonchev–Trinajstić information content (AvgIpc) is 2.81. The zero-order chi connectivity index (χ0) is 24.0. The molecule has 0 aliphatic carbocycles. The molecule has 1 N–H and O–H groups in total. The van der Waals surface area contributed by atoms with Gasteiger partial charge in [0.15, 0.2) is 12.4 Å². The van der Waals surface area contributed by atoms with Crippen molar-refractivity contribution in [2.24, 2.45) is 0 Å². The minimum atomic E-state index is -0.631. The molecule has 0 saturated carbocycles. The van der Waals surface area contributed by atoms with Crippen LogP contribution in [0.25, 0.3) is 11.0 Å². The topological polar surface area (TPSA) is 107 Å². The van der Waals surface area contributed by atoms with E-state index < -0.39 is 5.97 Å². The molecule has 3 rings (SSSR count). The van der Waals surface area contributed by atoms with E-state index in [9.17, 15) is 19.2 Å². The zero-order valence-corrected chi connectivity index (χ0v) is 19.0. The Balaban J connectivity index is 1.60. The van der Waals surface area contributed by atoms with Gasteiger partial charge in [0.1, 0.15) is 5.69 Å². The third-order valence-electron chi connectivity index (χ3n) is 5.29. The van der Waals surface area contributed by atoms with Gasteiger partial charge in [-0.15, -0.1) is 0 Å². The number of carbonyl (C=O) groups excluding carboxylic acids is 3. The number of esters is 1. The highest BCUT2D eigenvalue weighted by Gasteiger charge is 2.14. The van der Waals surface area contributed by atoms with Gasteiger partial charge in [-0.05, 0) is 50.5 Å². The van der Waals surface area contributed by atoms with Crippen LogP contribution >= 0.6 is 0 Å². The molecule has 0 fully saturated rings. The summed E-state index contributed by atoms with van der Waals surface area (Å²) in [7, 11) is 0. The maximum Gasteiger partial charge on any atom is 0.338 e. The first-order chi connectivity index (χ1) is 15.8. The molecule has 8 heteroatoms. The Morgan fingerprint density at radius 2 is 1.76 bits per heavy atom. The number of rotatable bonds is 9. The number of aryl methyl sites for hydroxylation is 3. The number of ether oxygens (including phenoxy) is 1. The predicted molar refractivity (Wildman–Crippen MR) is 124 cm³/mol. The Kier molecular flexibility index (Phi) is 7.71. The van der Waals surface area contributed by atoms with Crippen molar-refractivity contribution in [3.8, 4) is 0 Å². The number of carbonyl (C=O) groups is 3. The monoisotopic (exact) mass is 449 g/mol. The summed E-state index contributed by atoms with van der Waals surface area (Å²) in [5, 5.41) is 2.75. The Bertz CT molecular complexity index is 1250. The summed E-state index contributed by atoms with van der Waals surface area (Å²) in [5.41, 5.74) is 3.11. The smallest absolute Gasteiger partial charge is 0.338 e. The van der Waals surface area contributed by atoms with Crippen LogP contribution in [0, 0.1) is 6.92 Å². The highest BCUT2D eigenvalue weighted by Crippen LogP contribution is 2.15. The quantitative estimate of drug-likeness (QED) is 0.306. The van der Waals surface area contributed by atoms with Gasteiger partial charge in [-0.1, -0.05) is 24.3 Å². The molecular formula is C25H27N3O5. The first-order valence-electron chi connectivity index (χ1n) is 10.8. The first kappa shape index (κ1) is 23.8. The molecule has 0 saturated heterocycles. The Morgan fingerprint density at radius 1 is 1.06 bits per heavy atom. The number of fused-ring (bicyclic) bond motifs is 1. The summed E-state index contributed by atoms with van der Waals surface area (Å²) >= 11 is 0. The number of Topliss-reactive ketones (excluding diaryl/α,β-unsaturated/α-hetero) is 1. The molecule has 1 aromatic heterocycles. The molecule has 0 spiro atoms. The van der Waals surface area contributed by atoms with Gasteiger partial charge in [-0.3, -0.25) is 14.4 Å². The molecule has 33 heavy (non-hydrogen) atoms. The number of nitrogens with one attached hydrogen (secondary N) is 1. The highest BCUT2D eigenvalue weighted by atomic mass is 16.5. The van der Waals surface area contributed by atoms with Crippen LogP contribution in [0.3, 0.4) is 0 Å². The molecule has 2 aromatic carbocycles. The maximum atomic E-state index is 12.5. The maximum absolute atomic E-state index is 12.5. The van der Waals surface area contributed by atoms with E-state index in [2.05, 4.69) is 10.3 Å². The Labute approximate surface area is 191 Å². The molecule has 0 radical (unpaired) electrons. The summed E-state index contributed by atoms with van der Waals surface area (Å²) in [6.45, 7) is 5.70. The summed E-state index contributed by atoms with van der Waals surface area (Å²) in [4.78, 5) is 52.3. The number of benzene rings is 2. The fraction of sp³-hybridized carbons (Fsp3) is 0.320. The lowest BCUT2D eigenvalue weighted by atomic mass is 10.1. The number of hydrogen-bond acceptors (Lipinski definition) is 6. The van der Waals surface area contributed by atoms with Crippen molar-refractivity contribution in [1.29, 1.82) is 0 Å². The normalized spacial score (nSPS) is 10.8. The average molecular weight is 450 g/mol. The van der Waals surface area contributed by atoms with Gasteiger partial charge in [0.05, 0.1) is 16.6 Å². The van der Waals surface area contributed by atoms with Crippen LogP contribution in [0.2, 0.25) is 0 Å². The molecular weight excluding hydrogens is 422 g/mol. The fourth-order valence-corrected chi connectivity index (χ4v) is 3.53. The van der Waals surface area contributed by atoms with E-state index in [1.54, 1.807) is 41.8 Å². The second-order valence-electron chi connectivity index (χ2n) is 7.73. The first-order valence-corrected chi connectivity index (χ1v) is 10.8. The van der Waals surface area contributed by atoms with Crippen LogP contribution in [0.4, 0.5) is 0 Å². The Hall–Kier alpha value is -3.81. The van der Waals surface area contributed by atoms with Crippen LogP contribution in [0.15, 0.2) is 47.3 Å². The lowest BCUT2D eigenvalue weighted by Gasteiger charge is -2.10. The minimum Gasteiger partial charge on any atom is -0.454 e. The van der Waals surface area contributed by atoms with Crippen LogP contribution in [0.1, 0.15) is 52.2 Å². The molecule has 3 aromatic rings. The van der Waals surface area contributed by atoms with Crippen LogP contribution in [-0.4, -0.2) is 40.4 Å². The third kappa shape index (κ3) is 5.91. The minimum absolute atomic E-state index is 0.0539. The molecule has 8 nitrogen and oxygen atoms in total.